The molecule has 0 radical (unpaired) electrons. The van der Waals surface area contributed by atoms with Gasteiger partial charge in [-0.25, -0.2) is 0 Å². The first-order chi connectivity index (χ1) is 8.06. The van der Waals surface area contributed by atoms with E-state index in [4.69, 9.17) is 4.74 Å². The molecule has 2 heteroatoms. The molecular weight excluding hydrogens is 212 g/mol. The van der Waals surface area contributed by atoms with Crippen LogP contribution in [0.25, 0.3) is 10.8 Å². The van der Waals surface area contributed by atoms with Crippen LogP contribution in [0.2, 0.25) is 0 Å². The van der Waals surface area contributed by atoms with Gasteiger partial charge in [-0.1, -0.05) is 42.5 Å². The summed E-state index contributed by atoms with van der Waals surface area (Å²) in [5.74, 6) is 0.0109. The summed E-state index contributed by atoms with van der Waals surface area (Å²) in [5, 5.41) is 2.05. The number of Topliss-reactive ketones (excluding diaryl/α,β-unsaturated/α-hetero) is 1. The second-order valence-corrected chi connectivity index (χ2v) is 4.57. The summed E-state index contributed by atoms with van der Waals surface area (Å²) in [5.41, 5.74) is -0.0700. The van der Waals surface area contributed by atoms with E-state index in [1.807, 2.05) is 42.5 Å². The van der Waals surface area contributed by atoms with Crippen molar-refractivity contribution >= 4 is 16.6 Å². The van der Waals surface area contributed by atoms with Gasteiger partial charge in [-0.05, 0) is 24.6 Å². The lowest BCUT2D eigenvalue weighted by atomic mass is 9.92. The Morgan fingerprint density at radius 2 is 1.71 bits per heavy atom. The maximum atomic E-state index is 12.4. The van der Waals surface area contributed by atoms with Crippen molar-refractivity contribution in [1.82, 2.24) is 0 Å². The van der Waals surface area contributed by atoms with Crippen LogP contribution in [0.1, 0.15) is 24.2 Å². The molecule has 0 atom stereocenters. The summed E-state index contributed by atoms with van der Waals surface area (Å²) in [6.45, 7) is 3.58. The number of hydrogen-bond donors (Lipinski definition) is 0. The van der Waals surface area contributed by atoms with Crippen molar-refractivity contribution < 1.29 is 9.53 Å². The van der Waals surface area contributed by atoms with Crippen molar-refractivity contribution in [3.05, 3.63) is 48.0 Å². The van der Waals surface area contributed by atoms with Crippen LogP contribution in [0.4, 0.5) is 0 Å². The molecule has 2 aromatic carbocycles. The van der Waals surface area contributed by atoms with E-state index in [1.54, 1.807) is 21.0 Å². The van der Waals surface area contributed by atoms with Gasteiger partial charge in [-0.15, -0.1) is 0 Å². The average Bonchev–Trinajstić information content (AvgIpc) is 2.37. The fourth-order valence-corrected chi connectivity index (χ4v) is 1.84. The Hall–Kier alpha value is -1.67. The normalized spacial score (nSPS) is 11.7. The second-order valence-electron chi connectivity index (χ2n) is 4.57. The van der Waals surface area contributed by atoms with E-state index in [0.29, 0.717) is 0 Å². The Bertz CT molecular complexity index is 550. The second kappa shape index (κ2) is 4.30. The molecule has 0 unspecified atom stereocenters. The van der Waals surface area contributed by atoms with E-state index in [0.717, 1.165) is 16.3 Å². The molecule has 0 heterocycles. The molecule has 0 aromatic heterocycles. The van der Waals surface area contributed by atoms with Gasteiger partial charge in [0.15, 0.2) is 5.78 Å². The number of carbonyl (C=O) groups is 1. The average molecular weight is 228 g/mol. The summed E-state index contributed by atoms with van der Waals surface area (Å²) in [6, 6.07) is 13.6. The third-order valence-electron chi connectivity index (χ3n) is 3.09. The number of rotatable bonds is 3. The zero-order chi connectivity index (χ0) is 12.5. The fraction of sp³-hybridized carbons (Fsp3) is 0.267. The van der Waals surface area contributed by atoms with Crippen LogP contribution >= 0.6 is 0 Å². The highest BCUT2D eigenvalue weighted by Gasteiger charge is 2.29. The predicted octanol–water partition coefficient (Wildman–Crippen LogP) is 3.45. The summed E-state index contributed by atoms with van der Waals surface area (Å²) < 4.78 is 5.25. The van der Waals surface area contributed by atoms with Crippen molar-refractivity contribution in [3.8, 4) is 0 Å². The highest BCUT2D eigenvalue weighted by Crippen LogP contribution is 2.24. The van der Waals surface area contributed by atoms with Crippen LogP contribution in [-0.4, -0.2) is 18.5 Å². The summed E-state index contributed by atoms with van der Waals surface area (Å²) >= 11 is 0. The van der Waals surface area contributed by atoms with Crippen LogP contribution in [0.3, 0.4) is 0 Å². The Morgan fingerprint density at radius 1 is 1.06 bits per heavy atom. The molecule has 0 aliphatic carbocycles. The monoisotopic (exact) mass is 228 g/mol. The van der Waals surface area contributed by atoms with E-state index in [-0.39, 0.29) is 5.78 Å². The smallest absolute Gasteiger partial charge is 0.194 e. The lowest BCUT2D eigenvalue weighted by molar-refractivity contribution is 0.0230. The molecule has 0 fully saturated rings. The highest BCUT2D eigenvalue weighted by atomic mass is 16.5. The molecule has 0 amide bonds. The molecule has 0 saturated heterocycles. The minimum atomic E-state index is -0.788. The number of ether oxygens (including phenoxy) is 1. The van der Waals surface area contributed by atoms with Gasteiger partial charge in [-0.3, -0.25) is 4.79 Å². The molecule has 0 bridgehead atoms. The molecule has 2 aromatic rings. The molecule has 17 heavy (non-hydrogen) atoms. The standard InChI is InChI=1S/C15H16O2/c1-15(2,17-3)14(16)13-10-6-8-11-7-4-5-9-12(11)13/h4-10H,1-3H3. The van der Waals surface area contributed by atoms with Crippen LogP contribution < -0.4 is 0 Å². The quantitative estimate of drug-likeness (QED) is 0.752. The molecule has 0 saturated carbocycles. The van der Waals surface area contributed by atoms with Gasteiger partial charge in [0, 0.05) is 12.7 Å². The van der Waals surface area contributed by atoms with Gasteiger partial charge in [0.1, 0.15) is 5.60 Å². The van der Waals surface area contributed by atoms with Crippen molar-refractivity contribution in [1.29, 1.82) is 0 Å². The third kappa shape index (κ3) is 2.08. The van der Waals surface area contributed by atoms with E-state index >= 15 is 0 Å². The Morgan fingerprint density at radius 3 is 2.41 bits per heavy atom. The number of carbonyl (C=O) groups excluding carboxylic acids is 1. The van der Waals surface area contributed by atoms with Gasteiger partial charge >= 0.3 is 0 Å². The van der Waals surface area contributed by atoms with Crippen LogP contribution in [0.15, 0.2) is 42.5 Å². The maximum absolute atomic E-state index is 12.4. The fourth-order valence-electron chi connectivity index (χ4n) is 1.84. The highest BCUT2D eigenvalue weighted by molar-refractivity contribution is 6.11. The topological polar surface area (TPSA) is 26.3 Å². The summed E-state index contributed by atoms with van der Waals surface area (Å²) in [4.78, 5) is 12.4. The summed E-state index contributed by atoms with van der Waals surface area (Å²) in [7, 11) is 1.56. The van der Waals surface area contributed by atoms with E-state index in [9.17, 15) is 4.79 Å². The molecular formula is C15H16O2. The molecule has 88 valence electrons. The SMILES string of the molecule is COC(C)(C)C(=O)c1cccc2ccccc12. The summed E-state index contributed by atoms with van der Waals surface area (Å²) in [6.07, 6.45) is 0. The molecule has 0 aliphatic rings. The largest absolute Gasteiger partial charge is 0.371 e. The molecule has 0 aliphatic heterocycles. The first kappa shape index (κ1) is 11.8. The number of benzene rings is 2. The van der Waals surface area contributed by atoms with Gasteiger partial charge in [0.05, 0.1) is 0 Å². The van der Waals surface area contributed by atoms with Crippen LogP contribution in [-0.2, 0) is 4.74 Å². The molecule has 2 rings (SSSR count). The first-order valence-electron chi connectivity index (χ1n) is 5.64. The number of hydrogen-bond acceptors (Lipinski definition) is 2. The Kier molecular flexibility index (Phi) is 2.99. The van der Waals surface area contributed by atoms with Crippen molar-refractivity contribution in [3.63, 3.8) is 0 Å². The molecule has 0 N–H and O–H groups in total. The zero-order valence-electron chi connectivity index (χ0n) is 10.4. The van der Waals surface area contributed by atoms with Gasteiger partial charge in [0.2, 0.25) is 0 Å². The number of methoxy groups -OCH3 is 1. The van der Waals surface area contributed by atoms with Gasteiger partial charge in [0.25, 0.3) is 0 Å². The van der Waals surface area contributed by atoms with E-state index in [1.165, 1.54) is 0 Å². The minimum absolute atomic E-state index is 0.0109. The predicted molar refractivity (Wildman–Crippen MR) is 69.4 cm³/mol. The minimum Gasteiger partial charge on any atom is -0.371 e. The van der Waals surface area contributed by atoms with Gasteiger partial charge in [-0.2, -0.15) is 0 Å². The zero-order valence-corrected chi connectivity index (χ0v) is 10.4. The van der Waals surface area contributed by atoms with Crippen molar-refractivity contribution in [2.24, 2.45) is 0 Å². The molecule has 0 spiro atoms. The van der Waals surface area contributed by atoms with Crippen LogP contribution in [0.5, 0.6) is 0 Å². The molecule has 2 nitrogen and oxygen atoms in total. The van der Waals surface area contributed by atoms with E-state index < -0.39 is 5.60 Å². The lowest BCUT2D eigenvalue weighted by Crippen LogP contribution is -2.33. The van der Waals surface area contributed by atoms with Crippen molar-refractivity contribution in [2.75, 3.05) is 7.11 Å². The maximum Gasteiger partial charge on any atom is 0.194 e. The van der Waals surface area contributed by atoms with Crippen LogP contribution in [0, 0.1) is 0 Å². The van der Waals surface area contributed by atoms with Crippen molar-refractivity contribution in [2.45, 2.75) is 19.4 Å². The number of fused-ring (bicyclic) bond motifs is 1. The lowest BCUT2D eigenvalue weighted by Gasteiger charge is -2.21. The Labute approximate surface area is 101 Å². The third-order valence-corrected chi connectivity index (χ3v) is 3.09. The van der Waals surface area contributed by atoms with Gasteiger partial charge < -0.3 is 4.74 Å². The Balaban J connectivity index is 2.60. The van der Waals surface area contributed by atoms with E-state index in [2.05, 4.69) is 0 Å². The number of ketones is 1. The first-order valence-corrected chi connectivity index (χ1v) is 5.64.